The molecule has 4 aromatic rings. The molecule has 0 aliphatic carbocycles. The van der Waals surface area contributed by atoms with Crippen LogP contribution in [0.3, 0.4) is 0 Å². The van der Waals surface area contributed by atoms with Crippen LogP contribution in [0, 0.1) is 5.82 Å². The fourth-order valence-electron chi connectivity index (χ4n) is 4.81. The number of amides is 1. The van der Waals surface area contributed by atoms with Crippen molar-refractivity contribution in [2.24, 2.45) is 0 Å². The van der Waals surface area contributed by atoms with Gasteiger partial charge in [-0.1, -0.05) is 78.9 Å². The number of piperazine rings is 1. The molecule has 1 fully saturated rings. The van der Waals surface area contributed by atoms with Gasteiger partial charge in [0.2, 0.25) is 0 Å². The molecule has 1 N–H and O–H groups in total. The van der Waals surface area contributed by atoms with Crippen LogP contribution in [0.4, 0.5) is 4.39 Å². The number of nitrogens with zero attached hydrogens (tertiary/aromatic N) is 1. The number of benzene rings is 3. The van der Waals surface area contributed by atoms with Crippen molar-refractivity contribution in [1.29, 1.82) is 0 Å². The summed E-state index contributed by atoms with van der Waals surface area (Å²) in [7, 11) is 0. The van der Waals surface area contributed by atoms with E-state index in [-0.39, 0.29) is 17.8 Å². The average Bonchev–Trinajstić information content (AvgIpc) is 3.45. The largest absolute Gasteiger partial charge is 0.327 e. The Morgan fingerprint density at radius 3 is 1.97 bits per heavy atom. The Balaban J connectivity index is 1.36. The van der Waals surface area contributed by atoms with E-state index < -0.39 is 0 Å². The molecule has 1 aromatic heterocycles. The topological polar surface area (TPSA) is 24.8 Å². The second-order valence-electron chi connectivity index (χ2n) is 8.79. The van der Waals surface area contributed by atoms with Crippen LogP contribution in [0.15, 0.2) is 102 Å². The summed E-state index contributed by atoms with van der Waals surface area (Å²) in [6.07, 6.45) is 1.88. The Bertz CT molecular complexity index is 1220. The van der Waals surface area contributed by atoms with Gasteiger partial charge in [-0.15, -0.1) is 11.3 Å². The highest BCUT2D eigenvalue weighted by Crippen LogP contribution is 2.26. The zero-order valence-electron chi connectivity index (χ0n) is 19.4. The first-order valence-electron chi connectivity index (χ1n) is 11.9. The predicted octanol–water partition coefficient (Wildman–Crippen LogP) is 4.94. The molecule has 5 heteroatoms. The molecule has 0 radical (unpaired) electrons. The number of hydrogen-bond donors (Lipinski definition) is 1. The first kappa shape index (κ1) is 23.2. The van der Waals surface area contributed by atoms with E-state index in [0.29, 0.717) is 18.7 Å². The summed E-state index contributed by atoms with van der Waals surface area (Å²) in [5.74, 6) is -0.247. The van der Waals surface area contributed by atoms with Gasteiger partial charge in [0.1, 0.15) is 11.9 Å². The highest BCUT2D eigenvalue weighted by Gasteiger charge is 2.32. The molecule has 0 bridgehead atoms. The molecule has 3 nitrogen and oxygen atoms in total. The number of halogens is 1. The van der Waals surface area contributed by atoms with Gasteiger partial charge < -0.3 is 9.80 Å². The minimum absolute atomic E-state index is 0.0341. The van der Waals surface area contributed by atoms with Gasteiger partial charge in [-0.25, -0.2) is 4.39 Å². The third kappa shape index (κ3) is 5.42. The van der Waals surface area contributed by atoms with Gasteiger partial charge in [0.05, 0.1) is 31.8 Å². The highest BCUT2D eigenvalue weighted by molar-refractivity contribution is 7.11. The molecule has 5 rings (SSSR count). The van der Waals surface area contributed by atoms with Gasteiger partial charge in [0, 0.05) is 16.0 Å². The molecule has 3 aromatic carbocycles. The van der Waals surface area contributed by atoms with Gasteiger partial charge in [0.25, 0.3) is 5.91 Å². The van der Waals surface area contributed by atoms with Gasteiger partial charge in [-0.3, -0.25) is 4.79 Å². The number of carbonyl (C=O) groups is 1. The van der Waals surface area contributed by atoms with Crippen LogP contribution in [0.1, 0.15) is 27.6 Å². The molecule has 2 heterocycles. The van der Waals surface area contributed by atoms with Gasteiger partial charge in [-0.2, -0.15) is 0 Å². The van der Waals surface area contributed by atoms with E-state index in [9.17, 15) is 9.18 Å². The summed E-state index contributed by atoms with van der Waals surface area (Å²) in [4.78, 5) is 18.0. The van der Waals surface area contributed by atoms with E-state index in [4.69, 9.17) is 0 Å². The maximum atomic E-state index is 13.7. The van der Waals surface area contributed by atoms with Crippen molar-refractivity contribution in [3.05, 3.63) is 130 Å². The molecule has 0 unspecified atom stereocenters. The average molecular weight is 484 g/mol. The van der Waals surface area contributed by atoms with Crippen molar-refractivity contribution in [3.63, 3.8) is 0 Å². The molecule has 1 aliphatic rings. The Labute approximate surface area is 209 Å². The number of thiophene rings is 1. The Hall–Kier alpha value is -3.54. The first-order valence-corrected chi connectivity index (χ1v) is 12.8. The molecule has 1 aliphatic heterocycles. The Morgan fingerprint density at radius 2 is 1.43 bits per heavy atom. The molecule has 1 amide bonds. The molecule has 0 saturated carbocycles. The SMILES string of the molecule is O=C(/C(=C/c1ccc(F)cc1)c1cccs1)N1CC[NH+](C(c2ccccc2)c2ccccc2)CC1. The summed E-state index contributed by atoms with van der Waals surface area (Å²) < 4.78 is 13.4. The number of nitrogens with one attached hydrogen (secondary N) is 1. The van der Waals surface area contributed by atoms with Crippen molar-refractivity contribution >= 4 is 28.9 Å². The third-order valence-electron chi connectivity index (χ3n) is 6.56. The monoisotopic (exact) mass is 483 g/mol. The second-order valence-corrected chi connectivity index (χ2v) is 9.74. The van der Waals surface area contributed by atoms with E-state index in [1.165, 1.54) is 28.2 Å². The number of rotatable bonds is 6. The van der Waals surface area contributed by atoms with Gasteiger partial charge >= 0.3 is 0 Å². The Kier molecular flexibility index (Phi) is 7.17. The predicted molar refractivity (Wildman–Crippen MR) is 141 cm³/mol. The minimum Gasteiger partial charge on any atom is -0.327 e. The van der Waals surface area contributed by atoms with E-state index >= 15 is 0 Å². The smallest absolute Gasteiger partial charge is 0.255 e. The van der Waals surface area contributed by atoms with Crippen LogP contribution in [-0.2, 0) is 4.79 Å². The molecule has 176 valence electrons. The van der Waals surface area contributed by atoms with Crippen LogP contribution in [0.2, 0.25) is 0 Å². The number of carbonyl (C=O) groups excluding carboxylic acids is 1. The maximum absolute atomic E-state index is 13.7. The maximum Gasteiger partial charge on any atom is 0.255 e. The fourth-order valence-corrected chi connectivity index (χ4v) is 5.54. The van der Waals surface area contributed by atoms with Crippen LogP contribution >= 0.6 is 11.3 Å². The molecule has 0 spiro atoms. The molecule has 0 atom stereocenters. The highest BCUT2D eigenvalue weighted by atomic mass is 32.1. The van der Waals surface area contributed by atoms with Gasteiger partial charge in [0.15, 0.2) is 0 Å². The van der Waals surface area contributed by atoms with Crippen LogP contribution < -0.4 is 4.90 Å². The van der Waals surface area contributed by atoms with Gasteiger partial charge in [-0.05, 0) is 35.2 Å². The van der Waals surface area contributed by atoms with Crippen LogP contribution in [0.25, 0.3) is 11.6 Å². The van der Waals surface area contributed by atoms with Crippen LogP contribution in [0.5, 0.6) is 0 Å². The summed E-state index contributed by atoms with van der Waals surface area (Å²) in [6.45, 7) is 3.12. The van der Waals surface area contributed by atoms with Crippen molar-refractivity contribution < 1.29 is 14.1 Å². The lowest BCUT2D eigenvalue weighted by Gasteiger charge is -2.37. The number of hydrogen-bond acceptors (Lipinski definition) is 2. The Morgan fingerprint density at radius 1 is 0.829 bits per heavy atom. The normalized spacial score (nSPS) is 14.9. The summed E-state index contributed by atoms with van der Waals surface area (Å²) in [5, 5.41) is 1.98. The lowest BCUT2D eigenvalue weighted by Crippen LogP contribution is -3.15. The zero-order chi connectivity index (χ0) is 24.0. The third-order valence-corrected chi connectivity index (χ3v) is 7.47. The lowest BCUT2D eigenvalue weighted by molar-refractivity contribution is -0.929. The van der Waals surface area contributed by atoms with E-state index in [1.54, 1.807) is 23.5 Å². The van der Waals surface area contributed by atoms with Crippen molar-refractivity contribution in [3.8, 4) is 0 Å². The zero-order valence-corrected chi connectivity index (χ0v) is 20.3. The van der Waals surface area contributed by atoms with Crippen molar-refractivity contribution in [2.75, 3.05) is 26.2 Å². The first-order chi connectivity index (χ1) is 17.2. The summed E-state index contributed by atoms with van der Waals surface area (Å²) in [5.41, 5.74) is 4.08. The number of quaternary nitrogens is 1. The quantitative estimate of drug-likeness (QED) is 0.386. The second kappa shape index (κ2) is 10.8. The van der Waals surface area contributed by atoms with E-state index in [0.717, 1.165) is 23.5 Å². The fraction of sp³-hybridized carbons (Fsp3) is 0.167. The summed E-state index contributed by atoms with van der Waals surface area (Å²) >= 11 is 1.55. The van der Waals surface area contributed by atoms with Crippen LogP contribution in [-0.4, -0.2) is 37.0 Å². The van der Waals surface area contributed by atoms with E-state index in [1.807, 2.05) is 28.5 Å². The molecular formula is C30H28FN2OS+. The minimum atomic E-state index is -0.281. The molecule has 1 saturated heterocycles. The summed E-state index contributed by atoms with van der Waals surface area (Å²) in [6, 6.07) is 31.7. The van der Waals surface area contributed by atoms with E-state index in [2.05, 4.69) is 60.7 Å². The lowest BCUT2D eigenvalue weighted by atomic mass is 9.96. The van der Waals surface area contributed by atoms with Crippen molar-refractivity contribution in [1.82, 2.24) is 4.90 Å². The molecule has 35 heavy (non-hydrogen) atoms. The van der Waals surface area contributed by atoms with Crippen molar-refractivity contribution in [2.45, 2.75) is 6.04 Å². The standard InChI is InChI=1S/C30H27FN2OS/c31-26-15-13-23(14-16-26)22-27(28-12-7-21-35-28)30(34)33-19-17-32(18-20-33)29(24-8-3-1-4-9-24)25-10-5-2-6-11-25/h1-16,21-22,29H,17-20H2/p+1/b27-22+. The molecular weight excluding hydrogens is 455 g/mol.